The number of carbonyl (C=O) groups excluding carboxylic acids is 2. The van der Waals surface area contributed by atoms with Crippen LogP contribution in [-0.2, 0) is 16.1 Å². The smallest absolute Gasteiger partial charge is 0.348 e. The molecule has 2 N–H and O–H groups in total. The van der Waals surface area contributed by atoms with E-state index in [0.717, 1.165) is 12.0 Å². The standard InChI is InChI=1S/C15H17F3N2O2/c1-3-10(2)8-13(21)19-9-11-4-6-12(7-5-11)20-14(22)15(16,17)18/h4-8H,3,9H2,1-2H3,(H,19,21)(H,20,22)/b10-8+. The molecule has 7 heteroatoms. The van der Waals surface area contributed by atoms with Gasteiger partial charge < -0.3 is 10.6 Å². The molecule has 0 aromatic heterocycles. The Balaban J connectivity index is 2.56. The third-order valence-electron chi connectivity index (χ3n) is 2.87. The van der Waals surface area contributed by atoms with Gasteiger partial charge in [-0.15, -0.1) is 0 Å². The van der Waals surface area contributed by atoms with E-state index in [-0.39, 0.29) is 18.1 Å². The summed E-state index contributed by atoms with van der Waals surface area (Å²) in [4.78, 5) is 22.3. The molecule has 0 heterocycles. The van der Waals surface area contributed by atoms with Gasteiger partial charge >= 0.3 is 12.1 Å². The van der Waals surface area contributed by atoms with Crippen molar-refractivity contribution in [2.24, 2.45) is 0 Å². The van der Waals surface area contributed by atoms with Crippen LogP contribution in [0.1, 0.15) is 25.8 Å². The van der Waals surface area contributed by atoms with Crippen molar-refractivity contribution < 1.29 is 22.8 Å². The molecular formula is C15H17F3N2O2. The SMILES string of the molecule is CC/C(C)=C/C(=O)NCc1ccc(NC(=O)C(F)(F)F)cc1. The monoisotopic (exact) mass is 314 g/mol. The van der Waals surface area contributed by atoms with Crippen molar-refractivity contribution in [3.63, 3.8) is 0 Å². The van der Waals surface area contributed by atoms with E-state index in [9.17, 15) is 22.8 Å². The number of allylic oxidation sites excluding steroid dienone is 1. The Morgan fingerprint density at radius 2 is 1.77 bits per heavy atom. The first-order valence-electron chi connectivity index (χ1n) is 6.64. The van der Waals surface area contributed by atoms with Crippen LogP contribution in [0.15, 0.2) is 35.9 Å². The minimum atomic E-state index is -4.92. The van der Waals surface area contributed by atoms with E-state index >= 15 is 0 Å². The van der Waals surface area contributed by atoms with Crippen LogP contribution in [-0.4, -0.2) is 18.0 Å². The van der Waals surface area contributed by atoms with Crippen LogP contribution < -0.4 is 10.6 Å². The Morgan fingerprint density at radius 3 is 2.27 bits per heavy atom. The lowest BCUT2D eigenvalue weighted by Crippen LogP contribution is -2.29. The van der Waals surface area contributed by atoms with Gasteiger partial charge in [-0.05, 0) is 31.0 Å². The molecule has 1 rings (SSSR count). The van der Waals surface area contributed by atoms with Gasteiger partial charge in [-0.1, -0.05) is 24.6 Å². The highest BCUT2D eigenvalue weighted by Crippen LogP contribution is 2.18. The fraction of sp³-hybridized carbons (Fsp3) is 0.333. The van der Waals surface area contributed by atoms with E-state index in [0.29, 0.717) is 5.56 Å². The largest absolute Gasteiger partial charge is 0.471 e. The summed E-state index contributed by atoms with van der Waals surface area (Å²) in [5.41, 5.74) is 1.70. The van der Waals surface area contributed by atoms with Crippen LogP contribution in [0.4, 0.5) is 18.9 Å². The number of halogens is 3. The first-order valence-corrected chi connectivity index (χ1v) is 6.64. The second-order valence-electron chi connectivity index (χ2n) is 4.71. The summed E-state index contributed by atoms with van der Waals surface area (Å²) in [7, 11) is 0. The van der Waals surface area contributed by atoms with Gasteiger partial charge in [-0.2, -0.15) is 13.2 Å². The molecule has 1 aromatic carbocycles. The fourth-order valence-electron chi connectivity index (χ4n) is 1.47. The molecule has 0 aliphatic carbocycles. The van der Waals surface area contributed by atoms with E-state index in [1.807, 2.05) is 13.8 Å². The molecule has 1 aromatic rings. The molecule has 0 saturated carbocycles. The number of hydrogen-bond donors (Lipinski definition) is 2. The second-order valence-corrected chi connectivity index (χ2v) is 4.71. The van der Waals surface area contributed by atoms with E-state index in [4.69, 9.17) is 0 Å². The highest BCUT2D eigenvalue weighted by molar-refractivity contribution is 5.94. The maximum atomic E-state index is 12.1. The molecule has 0 atom stereocenters. The summed E-state index contributed by atoms with van der Waals surface area (Å²) in [5.74, 6) is -2.25. The van der Waals surface area contributed by atoms with Gasteiger partial charge in [0, 0.05) is 18.3 Å². The van der Waals surface area contributed by atoms with E-state index < -0.39 is 12.1 Å². The highest BCUT2D eigenvalue weighted by Gasteiger charge is 2.38. The zero-order chi connectivity index (χ0) is 16.8. The van der Waals surface area contributed by atoms with Gasteiger partial charge in [0.05, 0.1) is 0 Å². The predicted octanol–water partition coefficient (Wildman–Crippen LogP) is 3.16. The molecule has 0 fully saturated rings. The van der Waals surface area contributed by atoms with Gasteiger partial charge in [0.1, 0.15) is 0 Å². The van der Waals surface area contributed by atoms with Crippen molar-refractivity contribution in [2.45, 2.75) is 33.0 Å². The van der Waals surface area contributed by atoms with E-state index in [1.165, 1.54) is 30.3 Å². The predicted molar refractivity (Wildman–Crippen MR) is 77.0 cm³/mol. The molecular weight excluding hydrogens is 297 g/mol. The molecule has 0 bridgehead atoms. The van der Waals surface area contributed by atoms with Crippen molar-refractivity contribution >= 4 is 17.5 Å². The van der Waals surface area contributed by atoms with E-state index in [1.54, 1.807) is 5.32 Å². The van der Waals surface area contributed by atoms with Gasteiger partial charge in [-0.3, -0.25) is 9.59 Å². The van der Waals surface area contributed by atoms with Crippen LogP contribution >= 0.6 is 0 Å². The number of nitrogens with one attached hydrogen (secondary N) is 2. The summed E-state index contributed by atoms with van der Waals surface area (Å²) in [6.45, 7) is 4.03. The van der Waals surface area contributed by atoms with Crippen LogP contribution in [0.3, 0.4) is 0 Å². The number of amides is 2. The molecule has 0 unspecified atom stereocenters. The van der Waals surface area contributed by atoms with Gasteiger partial charge in [-0.25, -0.2) is 0 Å². The number of rotatable bonds is 5. The zero-order valence-corrected chi connectivity index (χ0v) is 12.3. The maximum Gasteiger partial charge on any atom is 0.471 e. The van der Waals surface area contributed by atoms with Crippen molar-refractivity contribution in [3.05, 3.63) is 41.5 Å². The minimum Gasteiger partial charge on any atom is -0.348 e. The van der Waals surface area contributed by atoms with Crippen LogP contribution in [0, 0.1) is 0 Å². The summed E-state index contributed by atoms with van der Waals surface area (Å²) >= 11 is 0. The quantitative estimate of drug-likeness (QED) is 0.820. The number of hydrogen-bond acceptors (Lipinski definition) is 2. The Bertz CT molecular complexity index is 563. The summed E-state index contributed by atoms with van der Waals surface area (Å²) < 4.78 is 36.3. The first kappa shape index (κ1) is 17.7. The van der Waals surface area contributed by atoms with Gasteiger partial charge in [0.15, 0.2) is 0 Å². The average Bonchev–Trinajstić information content (AvgIpc) is 2.45. The third kappa shape index (κ3) is 5.99. The summed E-state index contributed by atoms with van der Waals surface area (Å²) in [6, 6.07) is 5.75. The molecule has 0 spiro atoms. The molecule has 0 saturated heterocycles. The van der Waals surface area contributed by atoms with Crippen molar-refractivity contribution in [2.75, 3.05) is 5.32 Å². The third-order valence-corrected chi connectivity index (χ3v) is 2.87. The lowest BCUT2D eigenvalue weighted by molar-refractivity contribution is -0.167. The molecule has 0 aliphatic rings. The Hall–Kier alpha value is -2.31. The topological polar surface area (TPSA) is 58.2 Å². The van der Waals surface area contributed by atoms with Gasteiger partial charge in [0.25, 0.3) is 0 Å². The molecule has 120 valence electrons. The zero-order valence-electron chi connectivity index (χ0n) is 12.3. The number of benzene rings is 1. The van der Waals surface area contributed by atoms with Crippen molar-refractivity contribution in [1.29, 1.82) is 0 Å². The molecule has 2 amide bonds. The minimum absolute atomic E-state index is 0.0409. The van der Waals surface area contributed by atoms with Gasteiger partial charge in [0.2, 0.25) is 5.91 Å². The molecule has 22 heavy (non-hydrogen) atoms. The molecule has 0 aliphatic heterocycles. The number of alkyl halides is 3. The van der Waals surface area contributed by atoms with Crippen molar-refractivity contribution in [1.82, 2.24) is 5.32 Å². The maximum absolute atomic E-state index is 12.1. The second kappa shape index (κ2) is 7.63. The summed E-state index contributed by atoms with van der Waals surface area (Å²) in [5, 5.41) is 4.41. The number of carbonyl (C=O) groups is 2. The summed E-state index contributed by atoms with van der Waals surface area (Å²) in [6.07, 6.45) is -2.64. The average molecular weight is 314 g/mol. The number of anilines is 1. The fourth-order valence-corrected chi connectivity index (χ4v) is 1.47. The normalized spacial score (nSPS) is 12.0. The Kier molecular flexibility index (Phi) is 6.15. The van der Waals surface area contributed by atoms with Crippen molar-refractivity contribution in [3.8, 4) is 0 Å². The highest BCUT2D eigenvalue weighted by atomic mass is 19.4. The first-order chi connectivity index (χ1) is 10.2. The van der Waals surface area contributed by atoms with Crippen LogP contribution in [0.2, 0.25) is 0 Å². The van der Waals surface area contributed by atoms with E-state index in [2.05, 4.69) is 5.32 Å². The molecule has 0 radical (unpaired) electrons. The van der Waals surface area contributed by atoms with Crippen LogP contribution in [0.5, 0.6) is 0 Å². The Morgan fingerprint density at radius 1 is 1.18 bits per heavy atom. The lowest BCUT2D eigenvalue weighted by atomic mass is 10.2. The Labute approximate surface area is 126 Å². The molecule has 4 nitrogen and oxygen atoms in total. The lowest BCUT2D eigenvalue weighted by Gasteiger charge is -2.09. The van der Waals surface area contributed by atoms with Crippen LogP contribution in [0.25, 0.3) is 0 Å².